The Balaban J connectivity index is 1.65. The molecule has 0 saturated carbocycles. The number of carbonyl (C=O) groups is 1. The molecule has 2 unspecified atom stereocenters. The first-order valence-corrected chi connectivity index (χ1v) is 10.7. The second-order valence-electron chi connectivity index (χ2n) is 7.72. The third-order valence-electron chi connectivity index (χ3n) is 5.97. The SMILES string of the molecule is CCN1CCN(C(CNC(=O)CC2CCCCO2)c2ccccc2OC)CC1. The number of para-hydroxylation sites is 1. The molecule has 6 heteroatoms. The number of nitrogens with zero attached hydrogens (tertiary/aromatic N) is 2. The summed E-state index contributed by atoms with van der Waals surface area (Å²) in [5.41, 5.74) is 1.14. The third kappa shape index (κ3) is 5.69. The van der Waals surface area contributed by atoms with Gasteiger partial charge in [-0.15, -0.1) is 0 Å². The number of methoxy groups -OCH3 is 1. The Morgan fingerprint density at radius 1 is 1.25 bits per heavy atom. The lowest BCUT2D eigenvalue weighted by Crippen LogP contribution is -2.49. The van der Waals surface area contributed by atoms with Gasteiger partial charge in [0.2, 0.25) is 5.91 Å². The summed E-state index contributed by atoms with van der Waals surface area (Å²) in [6.45, 7) is 8.79. The average Bonchev–Trinajstić information content (AvgIpc) is 2.75. The number of benzene rings is 1. The van der Waals surface area contributed by atoms with Crippen molar-refractivity contribution in [2.24, 2.45) is 0 Å². The predicted molar refractivity (Wildman–Crippen MR) is 111 cm³/mol. The van der Waals surface area contributed by atoms with Crippen LogP contribution in [0, 0.1) is 0 Å². The minimum atomic E-state index is 0.0755. The molecule has 0 spiro atoms. The Morgan fingerprint density at radius 2 is 2.04 bits per heavy atom. The molecule has 1 amide bonds. The number of hydrogen-bond donors (Lipinski definition) is 1. The molecule has 2 saturated heterocycles. The van der Waals surface area contributed by atoms with Crippen molar-refractivity contribution >= 4 is 5.91 Å². The summed E-state index contributed by atoms with van der Waals surface area (Å²) >= 11 is 0. The number of ether oxygens (including phenoxy) is 2. The van der Waals surface area contributed by atoms with E-state index in [1.54, 1.807) is 7.11 Å². The maximum Gasteiger partial charge on any atom is 0.222 e. The smallest absolute Gasteiger partial charge is 0.222 e. The van der Waals surface area contributed by atoms with Crippen LogP contribution in [-0.4, -0.2) is 74.8 Å². The van der Waals surface area contributed by atoms with Crippen molar-refractivity contribution < 1.29 is 14.3 Å². The molecule has 1 aromatic carbocycles. The number of amides is 1. The van der Waals surface area contributed by atoms with E-state index in [1.165, 1.54) is 0 Å². The molecule has 0 aliphatic carbocycles. The van der Waals surface area contributed by atoms with E-state index in [0.29, 0.717) is 13.0 Å². The number of hydrogen-bond acceptors (Lipinski definition) is 5. The van der Waals surface area contributed by atoms with Gasteiger partial charge in [0.05, 0.1) is 25.7 Å². The third-order valence-corrected chi connectivity index (χ3v) is 5.97. The van der Waals surface area contributed by atoms with Crippen molar-refractivity contribution in [1.82, 2.24) is 15.1 Å². The summed E-state index contributed by atoms with van der Waals surface area (Å²) in [5, 5.41) is 3.17. The van der Waals surface area contributed by atoms with Gasteiger partial charge in [0.1, 0.15) is 5.75 Å². The van der Waals surface area contributed by atoms with E-state index in [-0.39, 0.29) is 18.1 Å². The maximum absolute atomic E-state index is 12.5. The molecule has 2 fully saturated rings. The first-order valence-electron chi connectivity index (χ1n) is 10.7. The molecule has 6 nitrogen and oxygen atoms in total. The van der Waals surface area contributed by atoms with E-state index in [9.17, 15) is 4.79 Å². The van der Waals surface area contributed by atoms with Crippen molar-refractivity contribution in [1.29, 1.82) is 0 Å². The average molecular weight is 390 g/mol. The minimum absolute atomic E-state index is 0.0755. The van der Waals surface area contributed by atoms with Crippen LogP contribution in [0.25, 0.3) is 0 Å². The van der Waals surface area contributed by atoms with Crippen molar-refractivity contribution in [2.45, 2.75) is 44.8 Å². The second-order valence-corrected chi connectivity index (χ2v) is 7.72. The number of rotatable bonds is 8. The normalized spacial score (nSPS) is 22.6. The lowest BCUT2D eigenvalue weighted by atomic mass is 10.0. The van der Waals surface area contributed by atoms with E-state index < -0.39 is 0 Å². The highest BCUT2D eigenvalue weighted by atomic mass is 16.5. The molecule has 3 rings (SSSR count). The highest BCUT2D eigenvalue weighted by Gasteiger charge is 2.27. The molecular weight excluding hydrogens is 354 g/mol. The summed E-state index contributed by atoms with van der Waals surface area (Å²) in [7, 11) is 1.71. The lowest BCUT2D eigenvalue weighted by molar-refractivity contribution is -0.125. The van der Waals surface area contributed by atoms with Crippen LogP contribution in [0.3, 0.4) is 0 Å². The van der Waals surface area contributed by atoms with Gasteiger partial charge in [0, 0.05) is 44.9 Å². The van der Waals surface area contributed by atoms with Crippen molar-refractivity contribution in [2.75, 3.05) is 53.0 Å². The molecule has 0 bridgehead atoms. The van der Waals surface area contributed by atoms with Gasteiger partial charge >= 0.3 is 0 Å². The van der Waals surface area contributed by atoms with Crippen LogP contribution < -0.4 is 10.1 Å². The Bertz CT molecular complexity index is 611. The molecule has 2 atom stereocenters. The highest BCUT2D eigenvalue weighted by Crippen LogP contribution is 2.29. The molecule has 2 heterocycles. The van der Waals surface area contributed by atoms with Gasteiger partial charge < -0.3 is 19.7 Å². The Kier molecular flexibility index (Phi) is 8.13. The minimum Gasteiger partial charge on any atom is -0.496 e. The molecule has 2 aliphatic rings. The van der Waals surface area contributed by atoms with E-state index in [1.807, 2.05) is 18.2 Å². The lowest BCUT2D eigenvalue weighted by Gasteiger charge is -2.39. The number of nitrogens with one attached hydrogen (secondary N) is 1. The van der Waals surface area contributed by atoms with Crippen LogP contribution in [0.5, 0.6) is 5.75 Å². The van der Waals surface area contributed by atoms with Gasteiger partial charge in [-0.25, -0.2) is 0 Å². The fourth-order valence-electron chi connectivity index (χ4n) is 4.23. The second kappa shape index (κ2) is 10.8. The Hall–Kier alpha value is -1.63. The van der Waals surface area contributed by atoms with Crippen molar-refractivity contribution in [3.63, 3.8) is 0 Å². The highest BCUT2D eigenvalue weighted by molar-refractivity contribution is 5.76. The van der Waals surface area contributed by atoms with E-state index >= 15 is 0 Å². The first kappa shape index (κ1) is 21.1. The van der Waals surface area contributed by atoms with Crippen LogP contribution in [0.1, 0.15) is 44.2 Å². The Morgan fingerprint density at radius 3 is 2.71 bits per heavy atom. The zero-order chi connectivity index (χ0) is 19.8. The van der Waals surface area contributed by atoms with Gasteiger partial charge in [0.15, 0.2) is 0 Å². The summed E-state index contributed by atoms with van der Waals surface area (Å²) in [6, 6.07) is 8.28. The zero-order valence-electron chi connectivity index (χ0n) is 17.4. The van der Waals surface area contributed by atoms with Crippen LogP contribution >= 0.6 is 0 Å². The van der Waals surface area contributed by atoms with E-state index in [4.69, 9.17) is 9.47 Å². The summed E-state index contributed by atoms with van der Waals surface area (Å²) < 4.78 is 11.3. The topological polar surface area (TPSA) is 54.0 Å². The predicted octanol–water partition coefficient (Wildman–Crippen LogP) is 2.45. The van der Waals surface area contributed by atoms with Crippen LogP contribution in [0.2, 0.25) is 0 Å². The fourth-order valence-corrected chi connectivity index (χ4v) is 4.23. The van der Waals surface area contributed by atoms with E-state index in [2.05, 4.69) is 28.1 Å². The van der Waals surface area contributed by atoms with Gasteiger partial charge in [-0.3, -0.25) is 9.69 Å². The molecule has 1 N–H and O–H groups in total. The van der Waals surface area contributed by atoms with E-state index in [0.717, 1.165) is 69.9 Å². The molecule has 0 aromatic heterocycles. The van der Waals surface area contributed by atoms with Gasteiger partial charge in [-0.2, -0.15) is 0 Å². The summed E-state index contributed by atoms with van der Waals surface area (Å²) in [6.07, 6.45) is 3.79. The van der Waals surface area contributed by atoms with Crippen molar-refractivity contribution in [3.05, 3.63) is 29.8 Å². The van der Waals surface area contributed by atoms with Crippen LogP contribution in [-0.2, 0) is 9.53 Å². The monoisotopic (exact) mass is 389 g/mol. The molecule has 1 aromatic rings. The Labute approximate surface area is 169 Å². The van der Waals surface area contributed by atoms with Crippen LogP contribution in [0.15, 0.2) is 24.3 Å². The maximum atomic E-state index is 12.5. The quantitative estimate of drug-likeness (QED) is 0.740. The van der Waals surface area contributed by atoms with Gasteiger partial charge in [-0.1, -0.05) is 25.1 Å². The molecule has 0 radical (unpaired) electrons. The first-order chi connectivity index (χ1) is 13.7. The summed E-state index contributed by atoms with van der Waals surface area (Å²) in [5.74, 6) is 0.967. The number of carbonyl (C=O) groups excluding carboxylic acids is 1. The van der Waals surface area contributed by atoms with Gasteiger partial charge in [0.25, 0.3) is 0 Å². The number of piperazine rings is 1. The standard InChI is InChI=1S/C22H35N3O3/c1-3-24-11-13-25(14-12-24)20(19-9-4-5-10-21(19)27-2)17-23-22(26)16-18-8-6-7-15-28-18/h4-5,9-10,18,20H,3,6-8,11-17H2,1-2H3,(H,23,26). The number of likely N-dealkylation sites (N-methyl/N-ethyl adjacent to an activating group) is 1. The zero-order valence-corrected chi connectivity index (χ0v) is 17.4. The van der Waals surface area contributed by atoms with Gasteiger partial charge in [-0.05, 0) is 31.9 Å². The van der Waals surface area contributed by atoms with Crippen molar-refractivity contribution in [3.8, 4) is 5.75 Å². The molecular formula is C22H35N3O3. The van der Waals surface area contributed by atoms with Crippen LogP contribution in [0.4, 0.5) is 0 Å². The molecule has 2 aliphatic heterocycles. The fraction of sp³-hybridized carbons (Fsp3) is 0.682. The molecule has 28 heavy (non-hydrogen) atoms. The largest absolute Gasteiger partial charge is 0.496 e. The summed E-state index contributed by atoms with van der Waals surface area (Å²) in [4.78, 5) is 17.5. The molecule has 156 valence electrons.